The molecule has 3 aromatic rings. The van der Waals surface area contributed by atoms with E-state index in [0.29, 0.717) is 31.4 Å². The molecule has 0 bridgehead atoms. The van der Waals surface area contributed by atoms with Gasteiger partial charge in [-0.25, -0.2) is 0 Å². The Morgan fingerprint density at radius 1 is 1.00 bits per heavy atom. The number of nitrogens with one attached hydrogen (secondary N) is 1. The molecule has 112 valence electrons. The minimum absolute atomic E-state index is 0.0213. The van der Waals surface area contributed by atoms with Gasteiger partial charge in [-0.3, -0.25) is 0 Å². The summed E-state index contributed by atoms with van der Waals surface area (Å²) >= 11 is 13.4. The first kappa shape index (κ1) is 14.9. The second-order valence-electron chi connectivity index (χ2n) is 4.34. The van der Waals surface area contributed by atoms with Gasteiger partial charge < -0.3 is 15.5 Å². The molecule has 1 heterocycles. The molecule has 8 heteroatoms. The Morgan fingerprint density at radius 2 is 1.73 bits per heavy atom. The maximum Gasteiger partial charge on any atom is 0.210 e. The number of hydrogen-bond acceptors (Lipinski definition) is 6. The quantitative estimate of drug-likeness (QED) is 0.637. The third-order valence-electron chi connectivity index (χ3n) is 2.83. The lowest BCUT2D eigenvalue weighted by Crippen LogP contribution is -1.91. The second-order valence-corrected chi connectivity index (χ2v) is 6.13. The van der Waals surface area contributed by atoms with E-state index < -0.39 is 0 Å². The lowest BCUT2D eigenvalue weighted by molar-refractivity contribution is 0.452. The summed E-state index contributed by atoms with van der Waals surface area (Å²) in [6, 6.07) is 9.45. The van der Waals surface area contributed by atoms with E-state index in [-0.39, 0.29) is 11.5 Å². The summed E-state index contributed by atoms with van der Waals surface area (Å²) in [6.07, 6.45) is 0. The molecule has 22 heavy (non-hydrogen) atoms. The van der Waals surface area contributed by atoms with Crippen LogP contribution in [0.4, 0.5) is 10.8 Å². The lowest BCUT2D eigenvalue weighted by Gasteiger charge is -2.06. The molecule has 0 amide bonds. The summed E-state index contributed by atoms with van der Waals surface area (Å²) in [7, 11) is 0. The number of aromatic hydroxyl groups is 2. The molecule has 0 spiro atoms. The minimum Gasteiger partial charge on any atom is -0.508 e. The van der Waals surface area contributed by atoms with Crippen LogP contribution in [0.15, 0.2) is 36.4 Å². The van der Waals surface area contributed by atoms with Crippen LogP contribution in [0.25, 0.3) is 10.6 Å². The standard InChI is InChI=1S/C14H9Cl2N3O2S/c15-9-2-1-3-10(16)12(9)17-14-19-18-13(22-14)8-5-4-7(20)6-11(8)21/h1-6,20-21H,(H,17,19). The summed E-state index contributed by atoms with van der Waals surface area (Å²) in [6.45, 7) is 0. The fourth-order valence-corrected chi connectivity index (χ4v) is 3.08. The molecule has 2 aromatic carbocycles. The van der Waals surface area contributed by atoms with Gasteiger partial charge in [-0.15, -0.1) is 10.2 Å². The molecular weight excluding hydrogens is 345 g/mol. The molecular formula is C14H9Cl2N3O2S. The largest absolute Gasteiger partial charge is 0.508 e. The van der Waals surface area contributed by atoms with Crippen molar-refractivity contribution in [1.82, 2.24) is 10.2 Å². The number of anilines is 2. The van der Waals surface area contributed by atoms with E-state index in [1.54, 1.807) is 24.3 Å². The van der Waals surface area contributed by atoms with Gasteiger partial charge in [0, 0.05) is 6.07 Å². The molecule has 1 aromatic heterocycles. The number of nitrogens with zero attached hydrogens (tertiary/aromatic N) is 2. The number of benzene rings is 2. The number of para-hydroxylation sites is 1. The van der Waals surface area contributed by atoms with Crippen LogP contribution in [0.3, 0.4) is 0 Å². The van der Waals surface area contributed by atoms with Crippen molar-refractivity contribution in [2.24, 2.45) is 0 Å². The highest BCUT2D eigenvalue weighted by molar-refractivity contribution is 7.18. The van der Waals surface area contributed by atoms with Crippen molar-refractivity contribution in [3.05, 3.63) is 46.4 Å². The highest BCUT2D eigenvalue weighted by Crippen LogP contribution is 2.37. The van der Waals surface area contributed by atoms with Crippen molar-refractivity contribution in [3.8, 4) is 22.1 Å². The maximum atomic E-state index is 9.85. The third kappa shape index (κ3) is 2.94. The third-order valence-corrected chi connectivity index (χ3v) is 4.33. The van der Waals surface area contributed by atoms with Gasteiger partial charge >= 0.3 is 0 Å². The molecule has 0 fully saturated rings. The van der Waals surface area contributed by atoms with E-state index >= 15 is 0 Å². The predicted octanol–water partition coefficient (Wildman–Crippen LogP) is 4.67. The van der Waals surface area contributed by atoms with E-state index in [4.69, 9.17) is 23.2 Å². The van der Waals surface area contributed by atoms with Gasteiger partial charge in [0.15, 0.2) is 5.01 Å². The number of phenolic OH excluding ortho intramolecular Hbond substituents is 2. The number of halogens is 2. The number of rotatable bonds is 3. The van der Waals surface area contributed by atoms with Crippen LogP contribution in [0.5, 0.6) is 11.5 Å². The van der Waals surface area contributed by atoms with Crippen LogP contribution in [0.2, 0.25) is 10.0 Å². The van der Waals surface area contributed by atoms with Crippen molar-refractivity contribution >= 4 is 45.4 Å². The Hall–Kier alpha value is -2.02. The molecule has 0 saturated carbocycles. The number of hydrogen-bond donors (Lipinski definition) is 3. The van der Waals surface area contributed by atoms with Crippen LogP contribution in [-0.4, -0.2) is 20.4 Å². The summed E-state index contributed by atoms with van der Waals surface area (Å²) in [5.74, 6) is -0.0922. The maximum absolute atomic E-state index is 9.85. The second kappa shape index (κ2) is 6.00. The zero-order chi connectivity index (χ0) is 15.7. The molecule has 0 aliphatic rings. The van der Waals surface area contributed by atoms with Gasteiger partial charge in [0.25, 0.3) is 0 Å². The summed E-state index contributed by atoms with van der Waals surface area (Å²) < 4.78 is 0. The van der Waals surface area contributed by atoms with Crippen molar-refractivity contribution in [2.45, 2.75) is 0 Å². The van der Waals surface area contributed by atoms with Gasteiger partial charge in [-0.2, -0.15) is 0 Å². The van der Waals surface area contributed by atoms with Crippen LogP contribution in [0, 0.1) is 0 Å². The van der Waals surface area contributed by atoms with E-state index in [9.17, 15) is 10.2 Å². The first-order valence-corrected chi connectivity index (χ1v) is 7.69. The number of aromatic nitrogens is 2. The van der Waals surface area contributed by atoms with E-state index in [1.807, 2.05) is 0 Å². The fraction of sp³-hybridized carbons (Fsp3) is 0. The van der Waals surface area contributed by atoms with Crippen molar-refractivity contribution in [1.29, 1.82) is 0 Å². The zero-order valence-corrected chi connectivity index (χ0v) is 13.2. The Morgan fingerprint density at radius 3 is 2.41 bits per heavy atom. The normalized spacial score (nSPS) is 10.6. The monoisotopic (exact) mass is 353 g/mol. The summed E-state index contributed by atoms with van der Waals surface area (Å²) in [5, 5.41) is 32.1. The molecule has 0 aliphatic carbocycles. The van der Waals surface area contributed by atoms with Gasteiger partial charge in [0.1, 0.15) is 11.5 Å². The Kier molecular flexibility index (Phi) is 4.06. The SMILES string of the molecule is Oc1ccc(-c2nnc(Nc3c(Cl)cccc3Cl)s2)c(O)c1. The predicted molar refractivity (Wildman–Crippen MR) is 88.4 cm³/mol. The number of phenols is 2. The molecule has 0 atom stereocenters. The lowest BCUT2D eigenvalue weighted by atomic mass is 10.2. The van der Waals surface area contributed by atoms with Gasteiger partial charge in [-0.1, -0.05) is 40.6 Å². The molecule has 3 N–H and O–H groups in total. The first-order chi connectivity index (χ1) is 10.5. The summed E-state index contributed by atoms with van der Waals surface area (Å²) in [4.78, 5) is 0. The first-order valence-electron chi connectivity index (χ1n) is 6.11. The molecule has 0 saturated heterocycles. The van der Waals surface area contributed by atoms with Crippen LogP contribution in [-0.2, 0) is 0 Å². The zero-order valence-electron chi connectivity index (χ0n) is 10.9. The van der Waals surface area contributed by atoms with E-state index in [0.717, 1.165) is 0 Å². The minimum atomic E-state index is -0.0709. The fourth-order valence-electron chi connectivity index (χ4n) is 1.81. The average Bonchev–Trinajstić information content (AvgIpc) is 2.91. The van der Waals surface area contributed by atoms with Gasteiger partial charge in [0.2, 0.25) is 5.13 Å². The van der Waals surface area contributed by atoms with Crippen LogP contribution < -0.4 is 5.32 Å². The van der Waals surface area contributed by atoms with Gasteiger partial charge in [0.05, 0.1) is 21.3 Å². The van der Waals surface area contributed by atoms with Gasteiger partial charge in [-0.05, 0) is 24.3 Å². The van der Waals surface area contributed by atoms with E-state index in [2.05, 4.69) is 15.5 Å². The molecule has 0 radical (unpaired) electrons. The highest BCUT2D eigenvalue weighted by Gasteiger charge is 2.13. The molecule has 5 nitrogen and oxygen atoms in total. The van der Waals surface area contributed by atoms with Crippen molar-refractivity contribution < 1.29 is 10.2 Å². The highest BCUT2D eigenvalue weighted by atomic mass is 35.5. The van der Waals surface area contributed by atoms with Crippen molar-refractivity contribution in [2.75, 3.05) is 5.32 Å². The van der Waals surface area contributed by atoms with E-state index in [1.165, 1.54) is 23.5 Å². The molecule has 0 unspecified atom stereocenters. The Bertz CT molecular complexity index is 818. The van der Waals surface area contributed by atoms with Crippen LogP contribution >= 0.6 is 34.5 Å². The van der Waals surface area contributed by atoms with Crippen molar-refractivity contribution in [3.63, 3.8) is 0 Å². The summed E-state index contributed by atoms with van der Waals surface area (Å²) in [5.41, 5.74) is 1.03. The Labute approximate surface area is 139 Å². The van der Waals surface area contributed by atoms with Crippen LogP contribution in [0.1, 0.15) is 0 Å². The smallest absolute Gasteiger partial charge is 0.210 e. The topological polar surface area (TPSA) is 78.3 Å². The average molecular weight is 354 g/mol. The molecule has 3 rings (SSSR count). The molecule has 0 aliphatic heterocycles. The Balaban J connectivity index is 1.91.